The number of phenols is 1. The molecule has 0 bridgehead atoms. The van der Waals surface area contributed by atoms with E-state index in [1.54, 1.807) is 36.5 Å². The number of aromatic hydroxyl groups is 1. The van der Waals surface area contributed by atoms with Gasteiger partial charge in [0.1, 0.15) is 5.75 Å². The first-order valence-corrected chi connectivity index (χ1v) is 15.2. The fraction of sp³-hybridized carbons (Fsp3) is 0.343. The highest BCUT2D eigenvalue weighted by atomic mass is 19.4. The average Bonchev–Trinajstić information content (AvgIpc) is 3.57. The molecule has 2 aromatic carbocycles. The summed E-state index contributed by atoms with van der Waals surface area (Å²) in [5, 5.41) is 10.4. The van der Waals surface area contributed by atoms with Crippen LogP contribution in [0.15, 0.2) is 78.0 Å². The smallest absolute Gasteiger partial charge is 0.416 e. The van der Waals surface area contributed by atoms with Crippen LogP contribution in [0.2, 0.25) is 0 Å². The Morgan fingerprint density at radius 2 is 1.67 bits per heavy atom. The summed E-state index contributed by atoms with van der Waals surface area (Å²) < 4.78 is 93.4. The summed E-state index contributed by atoms with van der Waals surface area (Å²) in [6, 6.07) is 13.0. The third-order valence-corrected chi connectivity index (χ3v) is 9.09. The molecule has 4 atom stereocenters. The molecule has 48 heavy (non-hydrogen) atoms. The number of allylic oxidation sites excluding steroid dienone is 1. The topological polar surface area (TPSA) is 89.0 Å². The van der Waals surface area contributed by atoms with E-state index >= 15 is 0 Å². The normalized spacial score (nSPS) is 23.1. The van der Waals surface area contributed by atoms with E-state index in [0.29, 0.717) is 46.7 Å². The molecular weight excluding hydrogens is 642 g/mol. The zero-order chi connectivity index (χ0) is 34.4. The van der Waals surface area contributed by atoms with Crippen molar-refractivity contribution in [2.75, 3.05) is 25.2 Å². The maximum Gasteiger partial charge on any atom is 0.416 e. The first-order chi connectivity index (χ1) is 22.8. The first-order valence-electron chi connectivity index (χ1n) is 15.2. The van der Waals surface area contributed by atoms with Crippen molar-refractivity contribution in [3.8, 4) is 5.75 Å². The van der Waals surface area contributed by atoms with Crippen molar-refractivity contribution in [3.63, 3.8) is 0 Å². The van der Waals surface area contributed by atoms with Crippen molar-refractivity contribution >= 4 is 29.2 Å². The van der Waals surface area contributed by atoms with Crippen LogP contribution in [0.3, 0.4) is 0 Å². The van der Waals surface area contributed by atoms with Crippen LogP contribution in [-0.4, -0.2) is 48.3 Å². The van der Waals surface area contributed by atoms with Crippen LogP contribution in [0, 0.1) is 17.8 Å². The van der Waals surface area contributed by atoms with Crippen molar-refractivity contribution in [3.05, 3.63) is 100 Å². The number of phenolic OH excluding ortho intramolecular Hbond substituents is 1. The Morgan fingerprint density at radius 1 is 0.979 bits per heavy atom. The Labute approximate surface area is 271 Å². The van der Waals surface area contributed by atoms with E-state index in [1.165, 1.54) is 7.11 Å². The molecule has 2 aliphatic heterocycles. The van der Waals surface area contributed by atoms with E-state index in [-0.39, 0.29) is 31.5 Å². The second kappa shape index (κ2) is 12.8. The van der Waals surface area contributed by atoms with Gasteiger partial charge in [0.2, 0.25) is 11.8 Å². The number of ether oxygens (including phenoxy) is 2. The highest BCUT2D eigenvalue weighted by molar-refractivity contribution is 6.22. The number of hydrogen-bond acceptors (Lipinski definition) is 6. The zero-order valence-electron chi connectivity index (χ0n) is 25.5. The van der Waals surface area contributed by atoms with Gasteiger partial charge in [0.05, 0.1) is 53.7 Å². The molecule has 7 nitrogen and oxygen atoms in total. The van der Waals surface area contributed by atoms with Crippen LogP contribution < -0.4 is 4.90 Å². The van der Waals surface area contributed by atoms with Crippen LogP contribution in [0.1, 0.15) is 41.6 Å². The Morgan fingerprint density at radius 3 is 2.29 bits per heavy atom. The van der Waals surface area contributed by atoms with Crippen molar-refractivity contribution < 1.29 is 50.5 Å². The molecule has 252 valence electrons. The number of pyridine rings is 1. The third-order valence-electron chi connectivity index (χ3n) is 9.09. The van der Waals surface area contributed by atoms with E-state index in [2.05, 4.69) is 4.98 Å². The number of rotatable bonds is 8. The second-order valence-electron chi connectivity index (χ2n) is 12.0. The summed E-state index contributed by atoms with van der Waals surface area (Å²) in [6.45, 7) is 0.124. The fourth-order valence-corrected chi connectivity index (χ4v) is 7.01. The lowest BCUT2D eigenvalue weighted by Crippen LogP contribution is -2.35. The van der Waals surface area contributed by atoms with Crippen LogP contribution in [-0.2, 0) is 31.4 Å². The number of alkyl halides is 6. The SMILES string of the molecule is COCC1=C2[C@@H](CC/C(=C/c3ccccc3O)c3ccccn3)OC[C@@H]2[C@@H]2C(=O)N(c3cc(C(F)(F)F)cc(C(F)(F)F)c3)C(=O)[C@@H]2C1. The number of methoxy groups -OCH3 is 1. The van der Waals surface area contributed by atoms with Crippen LogP contribution in [0.5, 0.6) is 5.75 Å². The van der Waals surface area contributed by atoms with E-state index in [9.17, 15) is 41.0 Å². The number of halogens is 6. The van der Waals surface area contributed by atoms with Gasteiger partial charge in [-0.2, -0.15) is 26.3 Å². The van der Waals surface area contributed by atoms with Crippen LogP contribution in [0.25, 0.3) is 11.6 Å². The van der Waals surface area contributed by atoms with E-state index in [0.717, 1.165) is 11.1 Å². The monoisotopic (exact) mass is 672 g/mol. The number of carbonyl (C=O) groups excluding carboxylic acids is 2. The molecule has 13 heteroatoms. The largest absolute Gasteiger partial charge is 0.507 e. The highest BCUT2D eigenvalue weighted by Gasteiger charge is 2.57. The quantitative estimate of drug-likeness (QED) is 0.153. The summed E-state index contributed by atoms with van der Waals surface area (Å²) in [4.78, 5) is 32.5. The Bertz CT molecular complexity index is 1750. The molecule has 0 radical (unpaired) electrons. The zero-order valence-corrected chi connectivity index (χ0v) is 25.5. The molecule has 2 fully saturated rings. The standard InChI is InChI=1S/C35H30F6N2O5/c1-47-17-21-13-25-31(33(46)43(32(25)45)24-15-22(34(36,37)38)14-23(16-24)35(39,40)41)26-18-48-29(30(21)26)10-9-19(27-7-4-5-11-42-27)12-20-6-2-3-8-28(20)44/h2-8,11-12,14-16,25-26,29,31,44H,9-10,13,17-18H2,1H3/b19-12-/t25-,26+,29-,31-/m1/s1. The van der Waals surface area contributed by atoms with Gasteiger partial charge in [0.25, 0.3) is 0 Å². The molecular formula is C35H30F6N2O5. The summed E-state index contributed by atoms with van der Waals surface area (Å²) in [7, 11) is 1.46. The minimum atomic E-state index is -5.15. The molecule has 3 heterocycles. The summed E-state index contributed by atoms with van der Waals surface area (Å²) in [5.74, 6) is -4.31. The molecule has 1 aromatic heterocycles. The van der Waals surface area contributed by atoms with Crippen LogP contribution >= 0.6 is 0 Å². The van der Waals surface area contributed by atoms with Crippen molar-refractivity contribution in [1.29, 1.82) is 0 Å². The van der Waals surface area contributed by atoms with Gasteiger partial charge in [-0.15, -0.1) is 0 Å². The lowest BCUT2D eigenvalue weighted by atomic mass is 9.69. The summed E-state index contributed by atoms with van der Waals surface area (Å²) >= 11 is 0. The molecule has 0 unspecified atom stereocenters. The predicted molar refractivity (Wildman–Crippen MR) is 162 cm³/mol. The van der Waals surface area contributed by atoms with Gasteiger partial charge in [0.15, 0.2) is 0 Å². The lowest BCUT2D eigenvalue weighted by Gasteiger charge is -2.31. The summed E-state index contributed by atoms with van der Waals surface area (Å²) in [6.07, 6.45) is -6.45. The molecule has 1 N–H and O–H groups in total. The number of benzene rings is 2. The van der Waals surface area contributed by atoms with Crippen molar-refractivity contribution in [2.24, 2.45) is 17.8 Å². The molecule has 0 spiro atoms. The Hall–Kier alpha value is -4.49. The molecule has 2 amide bonds. The van der Waals surface area contributed by atoms with Gasteiger partial charge >= 0.3 is 12.4 Å². The van der Waals surface area contributed by atoms with Gasteiger partial charge in [-0.1, -0.05) is 24.3 Å². The van der Waals surface area contributed by atoms with Crippen molar-refractivity contribution in [2.45, 2.75) is 37.7 Å². The van der Waals surface area contributed by atoms with Gasteiger partial charge in [-0.25, -0.2) is 4.90 Å². The maximum absolute atomic E-state index is 13.9. The molecule has 3 aromatic rings. The average molecular weight is 673 g/mol. The van der Waals surface area contributed by atoms with Gasteiger partial charge in [-0.05, 0) is 78.5 Å². The number of aromatic nitrogens is 1. The molecule has 2 saturated heterocycles. The van der Waals surface area contributed by atoms with Crippen LogP contribution in [0.4, 0.5) is 32.0 Å². The molecule has 1 aliphatic carbocycles. The minimum Gasteiger partial charge on any atom is -0.507 e. The Kier molecular flexibility index (Phi) is 8.94. The minimum absolute atomic E-state index is 0.0275. The fourth-order valence-electron chi connectivity index (χ4n) is 7.01. The number of carbonyl (C=O) groups is 2. The van der Waals surface area contributed by atoms with Gasteiger partial charge in [0, 0.05) is 24.8 Å². The Balaban J connectivity index is 1.31. The number of amides is 2. The number of anilines is 1. The van der Waals surface area contributed by atoms with Crippen molar-refractivity contribution in [1.82, 2.24) is 4.98 Å². The van der Waals surface area contributed by atoms with Gasteiger partial charge < -0.3 is 14.6 Å². The van der Waals surface area contributed by atoms with E-state index in [1.807, 2.05) is 18.2 Å². The number of nitrogens with zero attached hydrogens (tertiary/aromatic N) is 2. The number of hydrogen-bond donors (Lipinski definition) is 1. The summed E-state index contributed by atoms with van der Waals surface area (Å²) in [5.41, 5.74) is -0.491. The molecule has 3 aliphatic rings. The number of para-hydroxylation sites is 1. The number of imide groups is 1. The van der Waals surface area contributed by atoms with E-state index in [4.69, 9.17) is 9.47 Å². The highest BCUT2D eigenvalue weighted by Crippen LogP contribution is 2.51. The van der Waals surface area contributed by atoms with E-state index < -0.39 is 64.8 Å². The lowest BCUT2D eigenvalue weighted by molar-refractivity contribution is -0.143. The van der Waals surface area contributed by atoms with Gasteiger partial charge in [-0.3, -0.25) is 14.6 Å². The molecule has 6 rings (SSSR count). The predicted octanol–water partition coefficient (Wildman–Crippen LogP) is 7.31. The maximum atomic E-state index is 13.9. The number of fused-ring (bicyclic) bond motifs is 3. The second-order valence-corrected chi connectivity index (χ2v) is 12.0. The molecule has 0 saturated carbocycles. The third kappa shape index (κ3) is 6.36. The first kappa shape index (κ1) is 33.4.